The normalized spacial score (nSPS) is 14.6. The van der Waals surface area contributed by atoms with E-state index in [1.54, 1.807) is 0 Å². The summed E-state index contributed by atoms with van der Waals surface area (Å²) in [6.45, 7) is 1.12. The van der Waals surface area contributed by atoms with Crippen LogP contribution in [0.3, 0.4) is 0 Å². The Morgan fingerprint density at radius 1 is 1.41 bits per heavy atom. The van der Waals surface area contributed by atoms with Crippen LogP contribution >= 0.6 is 22.6 Å². The van der Waals surface area contributed by atoms with Crippen molar-refractivity contribution < 1.29 is 9.59 Å². The van der Waals surface area contributed by atoms with Crippen molar-refractivity contribution in [2.75, 3.05) is 25.0 Å². The number of benzene rings is 1. The fourth-order valence-electron chi connectivity index (χ4n) is 1.55. The molecule has 1 aromatic carbocycles. The first kappa shape index (κ1) is 12.2. The molecule has 2 rings (SSSR count). The van der Waals surface area contributed by atoms with Gasteiger partial charge in [-0.2, -0.15) is 0 Å². The van der Waals surface area contributed by atoms with Gasteiger partial charge in [-0.3, -0.25) is 9.69 Å². The van der Waals surface area contributed by atoms with Crippen molar-refractivity contribution in [1.29, 1.82) is 0 Å². The summed E-state index contributed by atoms with van der Waals surface area (Å²) in [5, 5.41) is 5.59. The molecule has 0 aliphatic carbocycles. The first-order valence-corrected chi connectivity index (χ1v) is 6.32. The second-order valence-corrected chi connectivity index (χ2v) is 4.88. The third-order valence-electron chi connectivity index (χ3n) is 2.45. The van der Waals surface area contributed by atoms with E-state index in [4.69, 9.17) is 0 Å². The molecule has 1 aromatic rings. The molecule has 0 bridgehead atoms. The molecule has 90 valence electrons. The van der Waals surface area contributed by atoms with Gasteiger partial charge in [-0.25, -0.2) is 4.79 Å². The molecule has 0 aromatic heterocycles. The Kier molecular flexibility index (Phi) is 3.82. The molecule has 0 spiro atoms. The Bertz CT molecular complexity index is 433. The largest absolute Gasteiger partial charge is 0.376 e. The van der Waals surface area contributed by atoms with E-state index in [9.17, 15) is 9.59 Å². The second-order valence-electron chi connectivity index (χ2n) is 3.64. The van der Waals surface area contributed by atoms with Crippen molar-refractivity contribution in [3.63, 3.8) is 0 Å². The highest BCUT2D eigenvalue weighted by Gasteiger charge is 2.25. The predicted molar refractivity (Wildman–Crippen MR) is 72.8 cm³/mol. The van der Waals surface area contributed by atoms with Crippen LogP contribution in [0.15, 0.2) is 24.3 Å². The molecule has 1 saturated heterocycles. The standard InChI is InChI=1S/C11H12IN3O2/c12-8-1-3-9(4-2-8)14-7-10(16)15-6-5-13-11(15)17/h1-4,14H,5-7H2,(H,13,17). The zero-order chi connectivity index (χ0) is 12.3. The highest BCUT2D eigenvalue weighted by Crippen LogP contribution is 2.11. The summed E-state index contributed by atoms with van der Waals surface area (Å²) in [5.41, 5.74) is 0.873. The van der Waals surface area contributed by atoms with Crippen molar-refractivity contribution in [2.45, 2.75) is 0 Å². The summed E-state index contributed by atoms with van der Waals surface area (Å²) >= 11 is 2.22. The van der Waals surface area contributed by atoms with E-state index in [0.717, 1.165) is 9.26 Å². The number of hydrogen-bond donors (Lipinski definition) is 2. The average Bonchev–Trinajstić information content (AvgIpc) is 2.74. The smallest absolute Gasteiger partial charge is 0.324 e. The number of anilines is 1. The highest BCUT2D eigenvalue weighted by atomic mass is 127. The highest BCUT2D eigenvalue weighted by molar-refractivity contribution is 14.1. The van der Waals surface area contributed by atoms with Gasteiger partial charge in [0.1, 0.15) is 0 Å². The zero-order valence-electron chi connectivity index (χ0n) is 9.07. The molecule has 0 radical (unpaired) electrons. The summed E-state index contributed by atoms with van der Waals surface area (Å²) < 4.78 is 1.14. The Balaban J connectivity index is 1.87. The summed E-state index contributed by atoms with van der Waals surface area (Å²) in [6, 6.07) is 7.41. The molecule has 5 nitrogen and oxygen atoms in total. The number of amides is 3. The SMILES string of the molecule is O=C(CNc1ccc(I)cc1)N1CCNC1=O. The van der Waals surface area contributed by atoms with Gasteiger partial charge in [-0.1, -0.05) is 0 Å². The molecular formula is C11H12IN3O2. The Morgan fingerprint density at radius 3 is 2.71 bits per heavy atom. The Morgan fingerprint density at radius 2 is 2.12 bits per heavy atom. The van der Waals surface area contributed by atoms with Crippen molar-refractivity contribution in [2.24, 2.45) is 0 Å². The lowest BCUT2D eigenvalue weighted by Crippen LogP contribution is -2.37. The van der Waals surface area contributed by atoms with Gasteiger partial charge >= 0.3 is 6.03 Å². The Labute approximate surface area is 113 Å². The number of imide groups is 1. The molecule has 17 heavy (non-hydrogen) atoms. The number of nitrogens with one attached hydrogen (secondary N) is 2. The maximum absolute atomic E-state index is 11.7. The van der Waals surface area contributed by atoms with Crippen LogP contribution in [0.1, 0.15) is 0 Å². The van der Waals surface area contributed by atoms with E-state index >= 15 is 0 Å². The fourth-order valence-corrected chi connectivity index (χ4v) is 1.91. The minimum Gasteiger partial charge on any atom is -0.376 e. The van der Waals surface area contributed by atoms with Crippen molar-refractivity contribution in [3.8, 4) is 0 Å². The molecule has 1 aliphatic rings. The quantitative estimate of drug-likeness (QED) is 0.811. The van der Waals surface area contributed by atoms with Crippen LogP contribution in [-0.2, 0) is 4.79 Å². The summed E-state index contributed by atoms with van der Waals surface area (Å²) in [4.78, 5) is 24.2. The van der Waals surface area contributed by atoms with Gasteiger partial charge in [0.2, 0.25) is 5.91 Å². The lowest BCUT2D eigenvalue weighted by Gasteiger charge is -2.13. The fraction of sp³-hybridized carbons (Fsp3) is 0.273. The minimum absolute atomic E-state index is 0.133. The number of carbonyl (C=O) groups is 2. The first-order valence-electron chi connectivity index (χ1n) is 5.24. The van der Waals surface area contributed by atoms with Crippen LogP contribution in [0.4, 0.5) is 10.5 Å². The van der Waals surface area contributed by atoms with E-state index in [-0.39, 0.29) is 18.5 Å². The molecule has 3 amide bonds. The third kappa shape index (κ3) is 3.09. The van der Waals surface area contributed by atoms with Gasteiger partial charge in [-0.15, -0.1) is 0 Å². The van der Waals surface area contributed by atoms with E-state index < -0.39 is 0 Å². The van der Waals surface area contributed by atoms with Crippen LogP contribution in [0.5, 0.6) is 0 Å². The van der Waals surface area contributed by atoms with Crippen molar-refractivity contribution in [3.05, 3.63) is 27.8 Å². The number of hydrogen-bond acceptors (Lipinski definition) is 3. The summed E-state index contributed by atoms with van der Waals surface area (Å²) in [7, 11) is 0. The van der Waals surface area contributed by atoms with E-state index in [1.165, 1.54) is 4.90 Å². The number of nitrogens with zero attached hydrogens (tertiary/aromatic N) is 1. The maximum Gasteiger partial charge on any atom is 0.324 e. The number of rotatable bonds is 3. The maximum atomic E-state index is 11.7. The van der Waals surface area contributed by atoms with Crippen LogP contribution in [0.2, 0.25) is 0 Å². The zero-order valence-corrected chi connectivity index (χ0v) is 11.2. The van der Waals surface area contributed by atoms with Crippen LogP contribution < -0.4 is 10.6 Å². The van der Waals surface area contributed by atoms with Crippen molar-refractivity contribution in [1.82, 2.24) is 10.2 Å². The van der Waals surface area contributed by atoms with Gasteiger partial charge in [0.05, 0.1) is 6.54 Å². The number of carbonyl (C=O) groups excluding carboxylic acids is 2. The number of urea groups is 1. The van der Waals surface area contributed by atoms with Gasteiger partial charge < -0.3 is 10.6 Å². The van der Waals surface area contributed by atoms with Gasteiger partial charge in [0.25, 0.3) is 0 Å². The molecule has 1 heterocycles. The van der Waals surface area contributed by atoms with Crippen LogP contribution in [-0.4, -0.2) is 36.5 Å². The van der Waals surface area contributed by atoms with E-state index in [0.29, 0.717) is 13.1 Å². The van der Waals surface area contributed by atoms with Crippen molar-refractivity contribution >= 4 is 40.2 Å². The van der Waals surface area contributed by atoms with E-state index in [1.807, 2.05) is 24.3 Å². The average molecular weight is 345 g/mol. The van der Waals surface area contributed by atoms with E-state index in [2.05, 4.69) is 33.2 Å². The molecule has 6 heteroatoms. The summed E-state index contributed by atoms with van der Waals surface area (Å²) in [6.07, 6.45) is 0. The summed E-state index contributed by atoms with van der Waals surface area (Å²) in [5.74, 6) is -0.210. The Hall–Kier alpha value is -1.31. The van der Waals surface area contributed by atoms with Gasteiger partial charge in [0, 0.05) is 22.3 Å². The van der Waals surface area contributed by atoms with Gasteiger partial charge in [0.15, 0.2) is 0 Å². The lowest BCUT2D eigenvalue weighted by molar-refractivity contribution is -0.125. The molecule has 0 atom stereocenters. The second kappa shape index (κ2) is 5.35. The van der Waals surface area contributed by atoms with Crippen LogP contribution in [0, 0.1) is 3.57 Å². The van der Waals surface area contributed by atoms with Crippen LogP contribution in [0.25, 0.3) is 0 Å². The molecule has 0 saturated carbocycles. The lowest BCUT2D eigenvalue weighted by atomic mass is 10.3. The topological polar surface area (TPSA) is 61.4 Å². The molecule has 1 aliphatic heterocycles. The predicted octanol–water partition coefficient (Wildman–Crippen LogP) is 1.25. The third-order valence-corrected chi connectivity index (χ3v) is 3.16. The minimum atomic E-state index is -0.306. The first-order chi connectivity index (χ1) is 8.16. The molecule has 0 unspecified atom stereocenters. The molecular weight excluding hydrogens is 333 g/mol. The van der Waals surface area contributed by atoms with Gasteiger partial charge in [-0.05, 0) is 46.9 Å². The molecule has 1 fully saturated rings. The number of halogens is 1. The molecule has 2 N–H and O–H groups in total. The monoisotopic (exact) mass is 345 g/mol.